The lowest BCUT2D eigenvalue weighted by Gasteiger charge is -2.26. The van der Waals surface area contributed by atoms with Gasteiger partial charge in [0.25, 0.3) is 0 Å². The van der Waals surface area contributed by atoms with Gasteiger partial charge in [-0.3, -0.25) is 0 Å². The molecule has 0 heterocycles. The van der Waals surface area contributed by atoms with Gasteiger partial charge >= 0.3 is 0 Å². The first-order valence-corrected chi connectivity index (χ1v) is 7.15. The standard InChI is InChI=1S/C14H29NO/c1-2-3-4-5-6-7-8-11-14(16,12-15)13-9-10-13/h13,16H,2-12,15H2,1H3. The molecular formula is C14H29NO. The van der Waals surface area contributed by atoms with Crippen LogP contribution in [0.1, 0.15) is 71.1 Å². The summed E-state index contributed by atoms with van der Waals surface area (Å²) < 4.78 is 0. The van der Waals surface area contributed by atoms with Crippen LogP contribution in [0.3, 0.4) is 0 Å². The Balaban J connectivity index is 1.97. The number of aliphatic hydroxyl groups is 1. The molecule has 1 saturated carbocycles. The maximum atomic E-state index is 10.3. The van der Waals surface area contributed by atoms with Crippen molar-refractivity contribution in [3.63, 3.8) is 0 Å². The number of hydrogen-bond donors (Lipinski definition) is 2. The monoisotopic (exact) mass is 227 g/mol. The van der Waals surface area contributed by atoms with Crippen molar-refractivity contribution < 1.29 is 5.11 Å². The molecule has 0 saturated heterocycles. The molecule has 1 rings (SSSR count). The van der Waals surface area contributed by atoms with Gasteiger partial charge < -0.3 is 10.8 Å². The van der Waals surface area contributed by atoms with E-state index in [4.69, 9.17) is 5.73 Å². The molecule has 1 aliphatic rings. The highest BCUT2D eigenvalue weighted by Gasteiger charge is 2.41. The van der Waals surface area contributed by atoms with Crippen LogP contribution in [-0.4, -0.2) is 17.3 Å². The lowest BCUT2D eigenvalue weighted by Crippen LogP contribution is -2.39. The van der Waals surface area contributed by atoms with Crippen LogP contribution in [0, 0.1) is 5.92 Å². The molecule has 2 nitrogen and oxygen atoms in total. The van der Waals surface area contributed by atoms with Crippen LogP contribution < -0.4 is 5.73 Å². The Morgan fingerprint density at radius 1 is 1.06 bits per heavy atom. The Morgan fingerprint density at radius 2 is 1.62 bits per heavy atom. The molecule has 96 valence electrons. The van der Waals surface area contributed by atoms with E-state index < -0.39 is 5.60 Å². The van der Waals surface area contributed by atoms with Crippen LogP contribution >= 0.6 is 0 Å². The van der Waals surface area contributed by atoms with Gasteiger partial charge in [-0.15, -0.1) is 0 Å². The van der Waals surface area contributed by atoms with E-state index in [1.807, 2.05) is 0 Å². The highest BCUT2D eigenvalue weighted by molar-refractivity contribution is 4.95. The quantitative estimate of drug-likeness (QED) is 0.563. The number of rotatable bonds is 10. The number of nitrogens with two attached hydrogens (primary N) is 1. The molecule has 0 aromatic rings. The zero-order valence-electron chi connectivity index (χ0n) is 10.9. The van der Waals surface area contributed by atoms with Crippen molar-refractivity contribution in [2.24, 2.45) is 11.7 Å². The van der Waals surface area contributed by atoms with Gasteiger partial charge in [-0.1, -0.05) is 51.9 Å². The van der Waals surface area contributed by atoms with E-state index in [1.54, 1.807) is 0 Å². The maximum absolute atomic E-state index is 10.3. The van der Waals surface area contributed by atoms with Crippen LogP contribution in [0.25, 0.3) is 0 Å². The van der Waals surface area contributed by atoms with Crippen molar-refractivity contribution >= 4 is 0 Å². The molecule has 0 aromatic heterocycles. The van der Waals surface area contributed by atoms with Crippen molar-refractivity contribution in [2.45, 2.75) is 76.7 Å². The second-order valence-electron chi connectivity index (χ2n) is 5.45. The van der Waals surface area contributed by atoms with Crippen molar-refractivity contribution in [1.29, 1.82) is 0 Å². The highest BCUT2D eigenvalue weighted by Crippen LogP contribution is 2.41. The molecule has 3 N–H and O–H groups in total. The van der Waals surface area contributed by atoms with Crippen molar-refractivity contribution in [3.8, 4) is 0 Å². The Bertz CT molecular complexity index is 180. The molecule has 16 heavy (non-hydrogen) atoms. The zero-order chi connectivity index (χ0) is 11.9. The van der Waals surface area contributed by atoms with Crippen LogP contribution in [-0.2, 0) is 0 Å². The fraction of sp³-hybridized carbons (Fsp3) is 1.00. The molecule has 1 fully saturated rings. The zero-order valence-corrected chi connectivity index (χ0v) is 10.9. The van der Waals surface area contributed by atoms with Crippen molar-refractivity contribution in [3.05, 3.63) is 0 Å². The molecule has 0 amide bonds. The predicted octanol–water partition coefficient (Wildman–Crippen LogP) is 3.23. The van der Waals surface area contributed by atoms with E-state index in [-0.39, 0.29) is 0 Å². The smallest absolute Gasteiger partial charge is 0.0797 e. The lowest BCUT2D eigenvalue weighted by atomic mass is 9.91. The summed E-state index contributed by atoms with van der Waals surface area (Å²) in [4.78, 5) is 0. The largest absolute Gasteiger partial charge is 0.388 e. The van der Waals surface area contributed by atoms with Gasteiger partial charge in [0, 0.05) is 6.54 Å². The number of hydrogen-bond acceptors (Lipinski definition) is 2. The van der Waals surface area contributed by atoms with Gasteiger partial charge in [0.1, 0.15) is 0 Å². The molecule has 1 atom stereocenters. The molecular weight excluding hydrogens is 198 g/mol. The Kier molecular flexibility index (Phi) is 6.37. The average Bonchev–Trinajstić information content (AvgIpc) is 3.12. The second kappa shape index (κ2) is 7.29. The lowest BCUT2D eigenvalue weighted by molar-refractivity contribution is 0.0154. The molecule has 0 radical (unpaired) electrons. The maximum Gasteiger partial charge on any atom is 0.0797 e. The molecule has 1 aliphatic carbocycles. The first kappa shape index (κ1) is 14.0. The fourth-order valence-electron chi connectivity index (χ4n) is 2.48. The first-order valence-electron chi connectivity index (χ1n) is 7.15. The Hall–Kier alpha value is -0.0800. The minimum Gasteiger partial charge on any atom is -0.388 e. The van der Waals surface area contributed by atoms with E-state index in [1.165, 1.54) is 51.4 Å². The summed E-state index contributed by atoms with van der Waals surface area (Å²) in [6.07, 6.45) is 12.4. The summed E-state index contributed by atoms with van der Waals surface area (Å²) in [7, 11) is 0. The molecule has 0 bridgehead atoms. The predicted molar refractivity (Wildman–Crippen MR) is 69.3 cm³/mol. The summed E-state index contributed by atoms with van der Waals surface area (Å²) in [5, 5.41) is 10.3. The minimum atomic E-state index is -0.524. The van der Waals surface area contributed by atoms with E-state index in [0.29, 0.717) is 12.5 Å². The van der Waals surface area contributed by atoms with Crippen molar-refractivity contribution in [2.75, 3.05) is 6.54 Å². The summed E-state index contributed by atoms with van der Waals surface area (Å²) in [5.74, 6) is 0.512. The molecule has 2 heteroatoms. The summed E-state index contributed by atoms with van der Waals surface area (Å²) in [6.45, 7) is 2.70. The first-order chi connectivity index (χ1) is 7.73. The van der Waals surface area contributed by atoms with Crippen LogP contribution in [0.15, 0.2) is 0 Å². The molecule has 1 unspecified atom stereocenters. The Labute approximate surface area is 101 Å². The summed E-state index contributed by atoms with van der Waals surface area (Å²) >= 11 is 0. The third kappa shape index (κ3) is 4.84. The summed E-state index contributed by atoms with van der Waals surface area (Å²) in [6, 6.07) is 0. The Morgan fingerprint density at radius 3 is 2.12 bits per heavy atom. The van der Waals surface area contributed by atoms with Gasteiger partial charge in [-0.2, -0.15) is 0 Å². The van der Waals surface area contributed by atoms with Crippen LogP contribution in [0.5, 0.6) is 0 Å². The normalized spacial score (nSPS) is 19.7. The van der Waals surface area contributed by atoms with Gasteiger partial charge in [0.2, 0.25) is 0 Å². The van der Waals surface area contributed by atoms with Gasteiger partial charge in [-0.05, 0) is 25.2 Å². The van der Waals surface area contributed by atoms with Gasteiger partial charge in [0.05, 0.1) is 5.60 Å². The summed E-state index contributed by atoms with van der Waals surface area (Å²) in [5.41, 5.74) is 5.15. The van der Waals surface area contributed by atoms with Gasteiger partial charge in [-0.25, -0.2) is 0 Å². The third-order valence-electron chi connectivity index (χ3n) is 3.90. The van der Waals surface area contributed by atoms with E-state index >= 15 is 0 Å². The molecule has 0 spiro atoms. The average molecular weight is 227 g/mol. The highest BCUT2D eigenvalue weighted by atomic mass is 16.3. The number of unbranched alkanes of at least 4 members (excludes halogenated alkanes) is 6. The van der Waals surface area contributed by atoms with Gasteiger partial charge in [0.15, 0.2) is 0 Å². The van der Waals surface area contributed by atoms with Crippen molar-refractivity contribution in [1.82, 2.24) is 0 Å². The minimum absolute atomic E-state index is 0.452. The van der Waals surface area contributed by atoms with E-state index in [0.717, 1.165) is 12.8 Å². The fourth-order valence-corrected chi connectivity index (χ4v) is 2.48. The van der Waals surface area contributed by atoms with E-state index in [9.17, 15) is 5.11 Å². The van der Waals surface area contributed by atoms with E-state index in [2.05, 4.69) is 6.92 Å². The molecule has 0 aliphatic heterocycles. The van der Waals surface area contributed by atoms with Crippen LogP contribution in [0.2, 0.25) is 0 Å². The topological polar surface area (TPSA) is 46.2 Å². The van der Waals surface area contributed by atoms with Crippen LogP contribution in [0.4, 0.5) is 0 Å². The molecule has 0 aromatic carbocycles. The third-order valence-corrected chi connectivity index (χ3v) is 3.90. The second-order valence-corrected chi connectivity index (χ2v) is 5.45. The SMILES string of the molecule is CCCCCCCCCC(O)(CN)C1CC1.